The van der Waals surface area contributed by atoms with Gasteiger partial charge in [-0.3, -0.25) is 14.9 Å². The molecule has 7 heteroatoms. The smallest absolute Gasteiger partial charge is 0.269 e. The zero-order chi connectivity index (χ0) is 15.9. The van der Waals surface area contributed by atoms with E-state index in [1.54, 1.807) is 24.3 Å². The number of carbonyl (C=O) groups is 1. The van der Waals surface area contributed by atoms with Gasteiger partial charge in [0.1, 0.15) is 0 Å². The van der Waals surface area contributed by atoms with Crippen molar-refractivity contribution in [3.05, 3.63) is 64.7 Å². The van der Waals surface area contributed by atoms with Gasteiger partial charge in [0.15, 0.2) is 5.78 Å². The second-order valence-electron chi connectivity index (χ2n) is 4.30. The molecule has 2 aromatic rings. The highest BCUT2D eigenvalue weighted by atomic mass is 16.6. The Morgan fingerprint density at radius 2 is 1.64 bits per heavy atom. The van der Waals surface area contributed by atoms with E-state index in [0.29, 0.717) is 11.4 Å². The van der Waals surface area contributed by atoms with E-state index in [-0.39, 0.29) is 17.3 Å². The number of rotatable bonds is 4. The highest BCUT2D eigenvalue weighted by Gasteiger charge is 2.07. The Balaban J connectivity index is 2.25. The van der Waals surface area contributed by atoms with Crippen LogP contribution in [0, 0.1) is 10.1 Å². The molecule has 110 valence electrons. The fraction of sp³-hybridized carbons (Fsp3) is 0.0667. The Labute approximate surface area is 126 Å². The number of hydrogen-bond donors (Lipinski definition) is 0. The van der Waals surface area contributed by atoms with Crippen LogP contribution in [0.2, 0.25) is 0 Å². The maximum Gasteiger partial charge on any atom is 0.269 e. The zero-order valence-electron chi connectivity index (χ0n) is 11.7. The first kappa shape index (κ1) is 15.2. The molecule has 0 bridgehead atoms. The second-order valence-corrected chi connectivity index (χ2v) is 4.30. The van der Waals surface area contributed by atoms with Crippen molar-refractivity contribution in [3.63, 3.8) is 0 Å². The molecular formula is C15H12N4O3. The largest absolute Gasteiger partial charge is 0.291 e. The average Bonchev–Trinajstić information content (AvgIpc) is 2.52. The topological polar surface area (TPSA) is 97.3 Å². The number of nitrogens with zero attached hydrogens (tertiary/aromatic N) is 4. The normalized spacial score (nSPS) is 11.6. The lowest BCUT2D eigenvalue weighted by molar-refractivity contribution is -0.384. The van der Waals surface area contributed by atoms with Gasteiger partial charge in [-0.1, -0.05) is 18.2 Å². The van der Waals surface area contributed by atoms with Gasteiger partial charge >= 0.3 is 0 Å². The molecular weight excluding hydrogens is 284 g/mol. The predicted octanol–water partition coefficient (Wildman–Crippen LogP) is 4.00. The number of benzene rings is 2. The molecule has 0 heterocycles. The molecule has 2 rings (SSSR count). The first-order chi connectivity index (χ1) is 10.6. The van der Waals surface area contributed by atoms with Crippen LogP contribution in [0.3, 0.4) is 0 Å². The van der Waals surface area contributed by atoms with Gasteiger partial charge in [-0.2, -0.15) is 0 Å². The fourth-order valence-corrected chi connectivity index (χ4v) is 1.54. The van der Waals surface area contributed by atoms with Crippen molar-refractivity contribution in [2.24, 2.45) is 15.2 Å². The van der Waals surface area contributed by atoms with Crippen LogP contribution < -0.4 is 0 Å². The van der Waals surface area contributed by atoms with Crippen LogP contribution in [0.15, 0.2) is 69.8 Å². The summed E-state index contributed by atoms with van der Waals surface area (Å²) in [4.78, 5) is 25.7. The van der Waals surface area contributed by atoms with Crippen molar-refractivity contribution in [1.82, 2.24) is 0 Å². The van der Waals surface area contributed by atoms with Gasteiger partial charge in [-0.05, 0) is 24.3 Å². The third kappa shape index (κ3) is 4.14. The van der Waals surface area contributed by atoms with E-state index in [9.17, 15) is 14.9 Å². The number of hydrogen-bond acceptors (Lipinski definition) is 5. The number of nitro groups is 1. The Hall–Kier alpha value is -3.22. The lowest BCUT2D eigenvalue weighted by atomic mass is 10.3. The lowest BCUT2D eigenvalue weighted by Crippen LogP contribution is -2.05. The first-order valence-electron chi connectivity index (χ1n) is 6.37. The first-order valence-corrected chi connectivity index (χ1v) is 6.37. The molecule has 0 atom stereocenters. The Bertz CT molecular complexity index is 737. The Morgan fingerprint density at radius 1 is 1.00 bits per heavy atom. The van der Waals surface area contributed by atoms with Crippen LogP contribution in [0.5, 0.6) is 0 Å². The number of carbonyl (C=O) groups excluding carboxylic acids is 1. The predicted molar refractivity (Wildman–Crippen MR) is 81.8 cm³/mol. The number of azo groups is 1. The van der Waals surface area contributed by atoms with Gasteiger partial charge in [0, 0.05) is 19.1 Å². The molecule has 7 nitrogen and oxygen atoms in total. The Kier molecular flexibility index (Phi) is 4.81. The second kappa shape index (κ2) is 6.98. The maximum absolute atomic E-state index is 11.6. The van der Waals surface area contributed by atoms with Crippen molar-refractivity contribution in [1.29, 1.82) is 0 Å². The van der Waals surface area contributed by atoms with Crippen LogP contribution in [0.4, 0.5) is 17.1 Å². The minimum absolute atomic E-state index is 0.0470. The highest BCUT2D eigenvalue weighted by molar-refractivity contribution is 6.38. The molecule has 0 radical (unpaired) electrons. The van der Waals surface area contributed by atoms with Crippen molar-refractivity contribution < 1.29 is 9.72 Å². The SMILES string of the molecule is CC(=O)C(N=Nc1ccccc1)=Nc1ccc([N+](=O)[O-])cc1. The molecule has 22 heavy (non-hydrogen) atoms. The minimum Gasteiger partial charge on any atom is -0.291 e. The summed E-state index contributed by atoms with van der Waals surface area (Å²) in [5.41, 5.74) is 0.942. The van der Waals surface area contributed by atoms with Gasteiger partial charge in [0.05, 0.1) is 16.3 Å². The van der Waals surface area contributed by atoms with E-state index < -0.39 is 4.92 Å². The molecule has 0 saturated carbocycles. The molecule has 0 fully saturated rings. The van der Waals surface area contributed by atoms with Crippen molar-refractivity contribution >= 4 is 28.7 Å². The van der Waals surface area contributed by atoms with Gasteiger partial charge < -0.3 is 0 Å². The summed E-state index contributed by atoms with van der Waals surface area (Å²) in [6.07, 6.45) is 0. The third-order valence-corrected chi connectivity index (χ3v) is 2.63. The summed E-state index contributed by atoms with van der Waals surface area (Å²) in [6.45, 7) is 1.33. The van der Waals surface area contributed by atoms with E-state index >= 15 is 0 Å². The number of amidine groups is 1. The van der Waals surface area contributed by atoms with Crippen molar-refractivity contribution in [3.8, 4) is 0 Å². The summed E-state index contributed by atoms with van der Waals surface area (Å²) in [7, 11) is 0. The fourth-order valence-electron chi connectivity index (χ4n) is 1.54. The zero-order valence-corrected chi connectivity index (χ0v) is 11.7. The molecule has 0 N–H and O–H groups in total. The molecule has 0 aliphatic rings. The molecule has 0 aliphatic heterocycles. The molecule has 0 unspecified atom stereocenters. The number of nitro benzene ring substituents is 1. The van der Waals surface area contributed by atoms with Crippen LogP contribution in [-0.4, -0.2) is 16.5 Å². The number of Topliss-reactive ketones (excluding diaryl/α,β-unsaturated/α-hetero) is 1. The summed E-state index contributed by atoms with van der Waals surface area (Å²) in [6, 6.07) is 14.4. The maximum atomic E-state index is 11.6. The van der Waals surface area contributed by atoms with Gasteiger partial charge in [0.25, 0.3) is 5.69 Å². The van der Waals surface area contributed by atoms with E-state index in [0.717, 1.165) is 0 Å². The standard InChI is InChI=1S/C15H12N4O3/c1-11(20)15(18-17-13-5-3-2-4-6-13)16-12-7-9-14(10-8-12)19(21)22/h2-10H,1H3. The van der Waals surface area contributed by atoms with Crippen molar-refractivity contribution in [2.45, 2.75) is 6.92 Å². The van der Waals surface area contributed by atoms with Crippen LogP contribution in [0.1, 0.15) is 6.92 Å². The molecule has 0 amide bonds. The summed E-state index contributed by atoms with van der Waals surface area (Å²) >= 11 is 0. The summed E-state index contributed by atoms with van der Waals surface area (Å²) in [5, 5.41) is 18.4. The van der Waals surface area contributed by atoms with E-state index in [4.69, 9.17) is 0 Å². The van der Waals surface area contributed by atoms with Crippen LogP contribution in [0.25, 0.3) is 0 Å². The Morgan fingerprint density at radius 3 is 2.18 bits per heavy atom. The lowest BCUT2D eigenvalue weighted by Gasteiger charge is -1.97. The number of non-ortho nitro benzene ring substituents is 1. The summed E-state index contributed by atoms with van der Waals surface area (Å²) < 4.78 is 0. The van der Waals surface area contributed by atoms with E-state index in [1.165, 1.54) is 31.2 Å². The molecule has 0 aliphatic carbocycles. The van der Waals surface area contributed by atoms with Crippen molar-refractivity contribution in [2.75, 3.05) is 0 Å². The quantitative estimate of drug-likeness (QED) is 0.280. The highest BCUT2D eigenvalue weighted by Crippen LogP contribution is 2.19. The van der Waals surface area contributed by atoms with Crippen LogP contribution >= 0.6 is 0 Å². The van der Waals surface area contributed by atoms with E-state index in [2.05, 4.69) is 15.2 Å². The minimum atomic E-state index is -0.505. The van der Waals surface area contributed by atoms with Gasteiger partial charge in [-0.15, -0.1) is 10.2 Å². The molecule has 2 aromatic carbocycles. The molecule has 0 spiro atoms. The van der Waals surface area contributed by atoms with Gasteiger partial charge in [-0.25, -0.2) is 4.99 Å². The molecule has 0 aromatic heterocycles. The van der Waals surface area contributed by atoms with Gasteiger partial charge in [0.2, 0.25) is 5.84 Å². The molecule has 0 saturated heterocycles. The monoisotopic (exact) mass is 296 g/mol. The van der Waals surface area contributed by atoms with E-state index in [1.807, 2.05) is 6.07 Å². The third-order valence-electron chi connectivity index (χ3n) is 2.63. The number of ketones is 1. The average molecular weight is 296 g/mol. The number of aliphatic imine (C=N–C) groups is 1. The van der Waals surface area contributed by atoms with Crippen LogP contribution in [-0.2, 0) is 4.79 Å². The summed E-state index contributed by atoms with van der Waals surface area (Å²) in [5.74, 6) is -0.421.